The van der Waals surface area contributed by atoms with Crippen LogP contribution in [-0.2, 0) is 11.3 Å². The first-order valence-electron chi connectivity index (χ1n) is 6.93. The van der Waals surface area contributed by atoms with Crippen LogP contribution in [0.5, 0.6) is 0 Å². The molecule has 1 aliphatic rings. The molecule has 1 N–H and O–H groups in total. The number of hydrogen-bond donors (Lipinski definition) is 1. The Bertz CT molecular complexity index is 498. The summed E-state index contributed by atoms with van der Waals surface area (Å²) in [5, 5.41) is 16.9. The van der Waals surface area contributed by atoms with Gasteiger partial charge in [0.15, 0.2) is 5.69 Å². The lowest BCUT2D eigenvalue weighted by Gasteiger charge is -2.19. The van der Waals surface area contributed by atoms with Gasteiger partial charge in [0.05, 0.1) is 6.20 Å². The average Bonchev–Trinajstić information content (AvgIpc) is 3.04. The summed E-state index contributed by atoms with van der Waals surface area (Å²) in [7, 11) is 0. The second kappa shape index (κ2) is 6.02. The van der Waals surface area contributed by atoms with Gasteiger partial charge in [0.25, 0.3) is 5.91 Å². The fraction of sp³-hybridized carbons (Fsp3) is 0.692. The van der Waals surface area contributed by atoms with Crippen molar-refractivity contribution in [2.75, 3.05) is 6.54 Å². The number of nitrogens with zero attached hydrogens (tertiary/aromatic N) is 4. The summed E-state index contributed by atoms with van der Waals surface area (Å²) in [4.78, 5) is 24.7. The van der Waals surface area contributed by atoms with Gasteiger partial charge in [-0.15, -0.1) is 5.10 Å². The zero-order chi connectivity index (χ0) is 14.7. The van der Waals surface area contributed by atoms with Crippen molar-refractivity contribution in [3.05, 3.63) is 11.9 Å². The van der Waals surface area contributed by atoms with Crippen LogP contribution in [0.1, 0.15) is 43.6 Å². The number of carboxylic acids is 1. The molecule has 20 heavy (non-hydrogen) atoms. The molecule has 1 saturated heterocycles. The average molecular weight is 280 g/mol. The first-order chi connectivity index (χ1) is 9.49. The number of likely N-dealkylation sites (tertiary alicyclic amines) is 1. The summed E-state index contributed by atoms with van der Waals surface area (Å²) in [5.74, 6) is -0.748. The second-order valence-corrected chi connectivity index (χ2v) is 5.54. The Balaban J connectivity index is 2.04. The molecule has 2 rings (SSSR count). The third-order valence-corrected chi connectivity index (χ3v) is 3.49. The van der Waals surface area contributed by atoms with Gasteiger partial charge in [-0.05, 0) is 25.2 Å². The van der Waals surface area contributed by atoms with Crippen LogP contribution in [0.2, 0.25) is 0 Å². The minimum Gasteiger partial charge on any atom is -0.480 e. The van der Waals surface area contributed by atoms with Crippen molar-refractivity contribution in [2.45, 2.75) is 45.7 Å². The number of hydrogen-bond acceptors (Lipinski definition) is 4. The van der Waals surface area contributed by atoms with Crippen LogP contribution in [-0.4, -0.2) is 49.5 Å². The molecule has 0 spiro atoms. The zero-order valence-electron chi connectivity index (χ0n) is 11.8. The summed E-state index contributed by atoms with van der Waals surface area (Å²) >= 11 is 0. The maximum atomic E-state index is 12.3. The number of carboxylic acid groups (broad SMARTS) is 1. The highest BCUT2D eigenvalue weighted by Gasteiger charge is 2.35. The number of aryl methyl sites for hydroxylation is 1. The van der Waals surface area contributed by atoms with Crippen molar-refractivity contribution >= 4 is 11.9 Å². The highest BCUT2D eigenvalue weighted by Crippen LogP contribution is 2.19. The summed E-state index contributed by atoms with van der Waals surface area (Å²) < 4.78 is 1.64. The van der Waals surface area contributed by atoms with E-state index in [4.69, 9.17) is 5.11 Å². The van der Waals surface area contributed by atoms with Crippen molar-refractivity contribution < 1.29 is 14.7 Å². The molecule has 1 atom stereocenters. The van der Waals surface area contributed by atoms with Gasteiger partial charge in [-0.1, -0.05) is 19.1 Å². The minimum atomic E-state index is -0.956. The number of aliphatic carboxylic acids is 1. The van der Waals surface area contributed by atoms with Crippen LogP contribution < -0.4 is 0 Å². The van der Waals surface area contributed by atoms with Gasteiger partial charge in [0.1, 0.15) is 6.04 Å². The molecule has 2 heterocycles. The highest BCUT2D eigenvalue weighted by molar-refractivity contribution is 5.95. The SMILES string of the molecule is CC(C)CCn1cc(C(=O)N2CCC[C@@H]2C(=O)O)nn1. The van der Waals surface area contributed by atoms with Crippen LogP contribution in [0.4, 0.5) is 0 Å². The molecule has 7 heteroatoms. The Morgan fingerprint density at radius 3 is 2.90 bits per heavy atom. The summed E-state index contributed by atoms with van der Waals surface area (Å²) in [6, 6.07) is -0.733. The van der Waals surface area contributed by atoms with E-state index in [0.29, 0.717) is 31.8 Å². The van der Waals surface area contributed by atoms with Crippen molar-refractivity contribution in [3.8, 4) is 0 Å². The molecule has 1 aromatic heterocycles. The first-order valence-corrected chi connectivity index (χ1v) is 6.93. The smallest absolute Gasteiger partial charge is 0.326 e. The van der Waals surface area contributed by atoms with Crippen molar-refractivity contribution in [2.24, 2.45) is 5.92 Å². The van der Waals surface area contributed by atoms with Gasteiger partial charge in [-0.3, -0.25) is 9.48 Å². The van der Waals surface area contributed by atoms with Crippen LogP contribution >= 0.6 is 0 Å². The van der Waals surface area contributed by atoms with E-state index in [1.54, 1.807) is 10.9 Å². The van der Waals surface area contributed by atoms with Crippen LogP contribution in [0.15, 0.2) is 6.20 Å². The van der Waals surface area contributed by atoms with Crippen molar-refractivity contribution in [1.82, 2.24) is 19.9 Å². The van der Waals surface area contributed by atoms with Crippen LogP contribution in [0, 0.1) is 5.92 Å². The number of aromatic nitrogens is 3. The third kappa shape index (κ3) is 3.15. The molecule has 7 nitrogen and oxygen atoms in total. The lowest BCUT2D eigenvalue weighted by molar-refractivity contribution is -0.141. The number of carbonyl (C=O) groups excluding carboxylic acids is 1. The molecular formula is C13H20N4O3. The standard InChI is InChI=1S/C13H20N4O3/c1-9(2)5-7-16-8-10(14-15-16)12(18)17-6-3-4-11(17)13(19)20/h8-9,11H,3-7H2,1-2H3,(H,19,20)/t11-/m1/s1. The molecule has 0 unspecified atom stereocenters. The zero-order valence-corrected chi connectivity index (χ0v) is 11.8. The normalized spacial score (nSPS) is 18.8. The maximum absolute atomic E-state index is 12.3. The number of amides is 1. The second-order valence-electron chi connectivity index (χ2n) is 5.54. The highest BCUT2D eigenvalue weighted by atomic mass is 16.4. The topological polar surface area (TPSA) is 88.3 Å². The molecule has 0 aliphatic carbocycles. The Hall–Kier alpha value is -1.92. The molecule has 1 fully saturated rings. The van der Waals surface area contributed by atoms with Crippen LogP contribution in [0.3, 0.4) is 0 Å². The van der Waals surface area contributed by atoms with Gasteiger partial charge in [-0.25, -0.2) is 4.79 Å². The number of rotatable bonds is 5. The van der Waals surface area contributed by atoms with E-state index < -0.39 is 12.0 Å². The van der Waals surface area contributed by atoms with E-state index in [9.17, 15) is 9.59 Å². The molecule has 1 amide bonds. The molecule has 1 aliphatic heterocycles. The van der Waals surface area contributed by atoms with E-state index >= 15 is 0 Å². The molecule has 0 aromatic carbocycles. The van der Waals surface area contributed by atoms with E-state index in [1.165, 1.54) is 4.90 Å². The molecule has 0 radical (unpaired) electrons. The summed E-state index contributed by atoms with van der Waals surface area (Å²) in [6.45, 7) is 5.41. The Kier molecular flexibility index (Phi) is 4.36. The van der Waals surface area contributed by atoms with E-state index in [0.717, 1.165) is 6.42 Å². The van der Waals surface area contributed by atoms with Crippen LogP contribution in [0.25, 0.3) is 0 Å². The molecular weight excluding hydrogens is 260 g/mol. The van der Waals surface area contributed by atoms with Crippen molar-refractivity contribution in [1.29, 1.82) is 0 Å². The maximum Gasteiger partial charge on any atom is 0.326 e. The van der Waals surface area contributed by atoms with Gasteiger partial charge in [-0.2, -0.15) is 0 Å². The largest absolute Gasteiger partial charge is 0.480 e. The third-order valence-electron chi connectivity index (χ3n) is 3.49. The molecule has 0 bridgehead atoms. The van der Waals surface area contributed by atoms with E-state index in [2.05, 4.69) is 24.2 Å². The van der Waals surface area contributed by atoms with Gasteiger partial charge in [0.2, 0.25) is 0 Å². The summed E-state index contributed by atoms with van der Waals surface area (Å²) in [5.41, 5.74) is 0.224. The lowest BCUT2D eigenvalue weighted by atomic mass is 10.1. The number of carbonyl (C=O) groups is 2. The Labute approximate surface area is 117 Å². The van der Waals surface area contributed by atoms with Gasteiger partial charge < -0.3 is 10.0 Å². The molecule has 110 valence electrons. The van der Waals surface area contributed by atoms with Gasteiger partial charge >= 0.3 is 5.97 Å². The Morgan fingerprint density at radius 1 is 1.50 bits per heavy atom. The first kappa shape index (κ1) is 14.5. The van der Waals surface area contributed by atoms with E-state index in [-0.39, 0.29) is 11.6 Å². The fourth-order valence-electron chi connectivity index (χ4n) is 2.31. The van der Waals surface area contributed by atoms with Gasteiger partial charge in [0, 0.05) is 13.1 Å². The monoisotopic (exact) mass is 280 g/mol. The predicted molar refractivity (Wildman–Crippen MR) is 71.2 cm³/mol. The Morgan fingerprint density at radius 2 is 2.25 bits per heavy atom. The molecule has 0 saturated carbocycles. The fourth-order valence-corrected chi connectivity index (χ4v) is 2.31. The van der Waals surface area contributed by atoms with Crippen molar-refractivity contribution in [3.63, 3.8) is 0 Å². The predicted octanol–water partition coefficient (Wildman–Crippen LogP) is 1.01. The lowest BCUT2D eigenvalue weighted by Crippen LogP contribution is -2.40. The summed E-state index contributed by atoms with van der Waals surface area (Å²) in [6.07, 6.45) is 3.77. The van der Waals surface area contributed by atoms with E-state index in [1.807, 2.05) is 0 Å². The quantitative estimate of drug-likeness (QED) is 0.869. The molecule has 1 aromatic rings. The minimum absolute atomic E-state index is 0.224.